The molecule has 2 atom stereocenters. The zero-order chi connectivity index (χ0) is 13.8. The summed E-state index contributed by atoms with van der Waals surface area (Å²) in [5.41, 5.74) is 1.83. The van der Waals surface area contributed by atoms with E-state index in [-0.39, 0.29) is 24.7 Å². The molecule has 0 radical (unpaired) electrons. The number of carbonyl (C=O) groups is 1. The van der Waals surface area contributed by atoms with E-state index in [2.05, 4.69) is 4.98 Å². The average molecular weight is 264 g/mol. The first kappa shape index (κ1) is 14.0. The first-order chi connectivity index (χ1) is 9.13. The van der Waals surface area contributed by atoms with Crippen LogP contribution in [0.4, 0.5) is 0 Å². The Kier molecular flexibility index (Phi) is 4.50. The van der Waals surface area contributed by atoms with Crippen molar-refractivity contribution in [1.29, 1.82) is 0 Å². The van der Waals surface area contributed by atoms with Gasteiger partial charge < -0.3 is 14.7 Å². The molecule has 0 saturated carbocycles. The van der Waals surface area contributed by atoms with Gasteiger partial charge in [0.25, 0.3) is 0 Å². The van der Waals surface area contributed by atoms with E-state index >= 15 is 0 Å². The summed E-state index contributed by atoms with van der Waals surface area (Å²) in [7, 11) is 1.64. The number of nitrogens with zero attached hydrogens (tertiary/aromatic N) is 2. The lowest BCUT2D eigenvalue weighted by Gasteiger charge is -2.22. The number of hydrogen-bond acceptors (Lipinski definition) is 4. The predicted octanol–water partition coefficient (Wildman–Crippen LogP) is 0.541. The van der Waals surface area contributed by atoms with Crippen molar-refractivity contribution in [2.24, 2.45) is 0 Å². The highest BCUT2D eigenvalue weighted by atomic mass is 16.5. The zero-order valence-electron chi connectivity index (χ0n) is 11.4. The minimum absolute atomic E-state index is 0.0161. The van der Waals surface area contributed by atoms with Crippen molar-refractivity contribution in [2.75, 3.05) is 20.3 Å². The molecule has 1 aromatic rings. The van der Waals surface area contributed by atoms with Gasteiger partial charge in [0, 0.05) is 25.5 Å². The van der Waals surface area contributed by atoms with Crippen LogP contribution in [0.3, 0.4) is 0 Å². The third-order valence-corrected chi connectivity index (χ3v) is 3.57. The van der Waals surface area contributed by atoms with Gasteiger partial charge in [-0.1, -0.05) is 6.07 Å². The van der Waals surface area contributed by atoms with Gasteiger partial charge in [-0.2, -0.15) is 0 Å². The lowest BCUT2D eigenvalue weighted by atomic mass is 10.1. The van der Waals surface area contributed by atoms with Gasteiger partial charge in [0.2, 0.25) is 5.91 Å². The Bertz CT molecular complexity index is 433. The first-order valence-corrected chi connectivity index (χ1v) is 6.48. The number of pyridine rings is 1. The molecule has 1 N–H and O–H groups in total. The van der Waals surface area contributed by atoms with Crippen LogP contribution < -0.4 is 0 Å². The number of ether oxygens (including phenoxy) is 1. The second-order valence-corrected chi connectivity index (χ2v) is 4.96. The van der Waals surface area contributed by atoms with Crippen LogP contribution >= 0.6 is 0 Å². The van der Waals surface area contributed by atoms with Crippen molar-refractivity contribution in [3.63, 3.8) is 0 Å². The van der Waals surface area contributed by atoms with Crippen LogP contribution in [0.2, 0.25) is 0 Å². The summed E-state index contributed by atoms with van der Waals surface area (Å²) in [6.07, 6.45) is 2.77. The third-order valence-electron chi connectivity index (χ3n) is 3.57. The van der Waals surface area contributed by atoms with Gasteiger partial charge in [-0.05, 0) is 25.0 Å². The molecule has 1 aromatic heterocycles. The number of aryl methyl sites for hydroxylation is 1. The molecule has 1 saturated heterocycles. The SMILES string of the molecule is CO[C@@H]1C[C@@H](CO)N(C(=O)Cc2ccc(C)nc2)C1. The molecule has 0 spiro atoms. The van der Waals surface area contributed by atoms with Crippen molar-refractivity contribution in [3.8, 4) is 0 Å². The third kappa shape index (κ3) is 3.30. The molecule has 0 aromatic carbocycles. The average Bonchev–Trinajstić information content (AvgIpc) is 2.85. The van der Waals surface area contributed by atoms with Crippen molar-refractivity contribution >= 4 is 5.91 Å². The van der Waals surface area contributed by atoms with E-state index in [0.29, 0.717) is 19.4 Å². The fourth-order valence-corrected chi connectivity index (χ4v) is 2.40. The van der Waals surface area contributed by atoms with Gasteiger partial charge in [0.05, 0.1) is 25.2 Å². The van der Waals surface area contributed by atoms with E-state index < -0.39 is 0 Å². The van der Waals surface area contributed by atoms with Crippen molar-refractivity contribution in [2.45, 2.75) is 31.9 Å². The normalized spacial score (nSPS) is 22.8. The minimum Gasteiger partial charge on any atom is -0.394 e. The summed E-state index contributed by atoms with van der Waals surface area (Å²) >= 11 is 0. The maximum absolute atomic E-state index is 12.3. The molecule has 5 heteroatoms. The van der Waals surface area contributed by atoms with Gasteiger partial charge in [-0.15, -0.1) is 0 Å². The van der Waals surface area contributed by atoms with Crippen LogP contribution in [-0.2, 0) is 16.0 Å². The molecule has 0 unspecified atom stereocenters. The molecular weight excluding hydrogens is 244 g/mol. The van der Waals surface area contributed by atoms with Gasteiger partial charge in [-0.25, -0.2) is 0 Å². The molecule has 1 aliphatic heterocycles. The van der Waals surface area contributed by atoms with Crippen LogP contribution in [0.5, 0.6) is 0 Å². The Morgan fingerprint density at radius 2 is 2.37 bits per heavy atom. The van der Waals surface area contributed by atoms with Crippen LogP contribution in [0, 0.1) is 6.92 Å². The zero-order valence-corrected chi connectivity index (χ0v) is 11.4. The number of aliphatic hydroxyl groups excluding tert-OH is 1. The Labute approximate surface area is 113 Å². The number of aliphatic hydroxyl groups is 1. The molecule has 104 valence electrons. The van der Waals surface area contributed by atoms with E-state index in [9.17, 15) is 9.90 Å². The minimum atomic E-state index is -0.129. The van der Waals surface area contributed by atoms with E-state index in [1.807, 2.05) is 19.1 Å². The van der Waals surface area contributed by atoms with Gasteiger partial charge in [-0.3, -0.25) is 9.78 Å². The van der Waals surface area contributed by atoms with Crippen LogP contribution in [-0.4, -0.2) is 53.3 Å². The van der Waals surface area contributed by atoms with Crippen LogP contribution in [0.25, 0.3) is 0 Å². The summed E-state index contributed by atoms with van der Waals surface area (Å²) in [4.78, 5) is 18.2. The topological polar surface area (TPSA) is 62.7 Å². The molecular formula is C14H20N2O3. The lowest BCUT2D eigenvalue weighted by Crippen LogP contribution is -2.39. The molecule has 2 rings (SSSR count). The monoisotopic (exact) mass is 264 g/mol. The molecule has 0 bridgehead atoms. The Hall–Kier alpha value is -1.46. The Morgan fingerprint density at radius 3 is 2.95 bits per heavy atom. The van der Waals surface area contributed by atoms with Crippen molar-refractivity contribution in [1.82, 2.24) is 9.88 Å². The number of hydrogen-bond donors (Lipinski definition) is 1. The summed E-state index contributed by atoms with van der Waals surface area (Å²) in [5, 5.41) is 9.34. The number of methoxy groups -OCH3 is 1. The second-order valence-electron chi connectivity index (χ2n) is 4.96. The quantitative estimate of drug-likeness (QED) is 0.862. The fourth-order valence-electron chi connectivity index (χ4n) is 2.40. The molecule has 19 heavy (non-hydrogen) atoms. The predicted molar refractivity (Wildman–Crippen MR) is 70.7 cm³/mol. The molecule has 5 nitrogen and oxygen atoms in total. The van der Waals surface area contributed by atoms with Crippen molar-refractivity contribution in [3.05, 3.63) is 29.6 Å². The number of carbonyl (C=O) groups excluding carboxylic acids is 1. The fraction of sp³-hybridized carbons (Fsp3) is 0.571. The van der Waals surface area contributed by atoms with E-state index in [1.165, 1.54) is 0 Å². The smallest absolute Gasteiger partial charge is 0.227 e. The Balaban J connectivity index is 2.01. The number of likely N-dealkylation sites (tertiary alicyclic amines) is 1. The van der Waals surface area contributed by atoms with Crippen molar-refractivity contribution < 1.29 is 14.6 Å². The van der Waals surface area contributed by atoms with E-state index in [1.54, 1.807) is 18.2 Å². The van der Waals surface area contributed by atoms with Gasteiger partial charge >= 0.3 is 0 Å². The standard InChI is InChI=1S/C14H20N2O3/c1-10-3-4-11(7-15-10)5-14(18)16-8-13(19-2)6-12(16)9-17/h3-4,7,12-13,17H,5-6,8-9H2,1-2H3/t12-,13+/m0/s1. The highest BCUT2D eigenvalue weighted by Crippen LogP contribution is 2.20. The number of amides is 1. The summed E-state index contributed by atoms with van der Waals surface area (Å²) in [6, 6.07) is 3.68. The summed E-state index contributed by atoms with van der Waals surface area (Å²) in [5.74, 6) is 0.0178. The molecule has 1 amide bonds. The summed E-state index contributed by atoms with van der Waals surface area (Å²) < 4.78 is 5.27. The Morgan fingerprint density at radius 1 is 1.58 bits per heavy atom. The summed E-state index contributed by atoms with van der Waals surface area (Å²) in [6.45, 7) is 2.45. The van der Waals surface area contributed by atoms with Crippen LogP contribution in [0.15, 0.2) is 18.3 Å². The largest absolute Gasteiger partial charge is 0.394 e. The molecule has 1 fully saturated rings. The molecule has 1 aliphatic rings. The second kappa shape index (κ2) is 6.12. The maximum Gasteiger partial charge on any atom is 0.227 e. The maximum atomic E-state index is 12.3. The number of aromatic nitrogens is 1. The highest BCUT2D eigenvalue weighted by molar-refractivity contribution is 5.79. The molecule has 2 heterocycles. The van der Waals surface area contributed by atoms with Crippen LogP contribution in [0.1, 0.15) is 17.7 Å². The van der Waals surface area contributed by atoms with E-state index in [4.69, 9.17) is 4.74 Å². The molecule has 0 aliphatic carbocycles. The van der Waals surface area contributed by atoms with E-state index in [0.717, 1.165) is 11.3 Å². The van der Waals surface area contributed by atoms with Gasteiger partial charge in [0.15, 0.2) is 0 Å². The highest BCUT2D eigenvalue weighted by Gasteiger charge is 2.34. The lowest BCUT2D eigenvalue weighted by molar-refractivity contribution is -0.132. The van der Waals surface area contributed by atoms with Gasteiger partial charge in [0.1, 0.15) is 0 Å². The first-order valence-electron chi connectivity index (χ1n) is 6.48. The number of rotatable bonds is 4.